The molecule has 0 fully saturated rings. The molecule has 0 radical (unpaired) electrons. The van der Waals surface area contributed by atoms with Crippen LogP contribution in [0.4, 0.5) is 0 Å². The maximum absolute atomic E-state index is 12.7. The first-order valence-electron chi connectivity index (χ1n) is 9.29. The number of hydrogen-bond donors (Lipinski definition) is 0. The SMILES string of the molecule is CC(C)CN1COc2ccc3c(c2C1)O/C(=C/C=C/c1ccccc1)C3=O. The fourth-order valence-electron chi connectivity index (χ4n) is 3.46. The Morgan fingerprint density at radius 3 is 2.74 bits per heavy atom. The molecule has 138 valence electrons. The Morgan fingerprint density at radius 1 is 1.15 bits per heavy atom. The van der Waals surface area contributed by atoms with Crippen molar-refractivity contribution in [2.75, 3.05) is 13.3 Å². The van der Waals surface area contributed by atoms with Crippen LogP contribution in [0, 0.1) is 5.92 Å². The molecule has 0 aromatic heterocycles. The number of carbonyl (C=O) groups excluding carboxylic acids is 1. The lowest BCUT2D eigenvalue weighted by molar-refractivity contribution is 0.0831. The zero-order valence-electron chi connectivity index (χ0n) is 15.6. The lowest BCUT2D eigenvalue weighted by Gasteiger charge is -2.30. The summed E-state index contributed by atoms with van der Waals surface area (Å²) in [6, 6.07) is 13.6. The van der Waals surface area contributed by atoms with Crippen molar-refractivity contribution in [3.8, 4) is 11.5 Å². The van der Waals surface area contributed by atoms with Crippen molar-refractivity contribution >= 4 is 11.9 Å². The maximum Gasteiger partial charge on any atom is 0.231 e. The van der Waals surface area contributed by atoms with Crippen LogP contribution >= 0.6 is 0 Å². The molecule has 2 aliphatic rings. The third-order valence-corrected chi connectivity index (χ3v) is 4.64. The van der Waals surface area contributed by atoms with E-state index in [9.17, 15) is 4.79 Å². The van der Waals surface area contributed by atoms with Gasteiger partial charge in [-0.15, -0.1) is 0 Å². The number of nitrogens with zero attached hydrogens (tertiary/aromatic N) is 1. The normalized spacial score (nSPS) is 17.9. The predicted octanol–water partition coefficient (Wildman–Crippen LogP) is 4.67. The summed E-state index contributed by atoms with van der Waals surface area (Å²) in [5.74, 6) is 2.28. The smallest absolute Gasteiger partial charge is 0.231 e. The highest BCUT2D eigenvalue weighted by Crippen LogP contribution is 2.41. The van der Waals surface area contributed by atoms with Crippen LogP contribution in [0.25, 0.3) is 6.08 Å². The summed E-state index contributed by atoms with van der Waals surface area (Å²) in [6.45, 7) is 6.62. The van der Waals surface area contributed by atoms with Gasteiger partial charge in [-0.2, -0.15) is 0 Å². The first kappa shape index (κ1) is 17.6. The summed E-state index contributed by atoms with van der Waals surface area (Å²) in [5, 5.41) is 0. The molecule has 2 heterocycles. The van der Waals surface area contributed by atoms with Gasteiger partial charge < -0.3 is 9.47 Å². The summed E-state index contributed by atoms with van der Waals surface area (Å²) < 4.78 is 11.8. The van der Waals surface area contributed by atoms with Crippen LogP contribution in [-0.4, -0.2) is 24.0 Å². The van der Waals surface area contributed by atoms with Crippen molar-refractivity contribution in [1.82, 2.24) is 4.90 Å². The number of carbonyl (C=O) groups is 1. The molecular weight excluding hydrogens is 338 g/mol. The number of rotatable bonds is 4. The van der Waals surface area contributed by atoms with E-state index in [0.717, 1.165) is 30.0 Å². The van der Waals surface area contributed by atoms with Gasteiger partial charge in [-0.1, -0.05) is 56.3 Å². The number of ether oxygens (including phenoxy) is 2. The van der Waals surface area contributed by atoms with E-state index in [1.807, 2.05) is 48.6 Å². The minimum atomic E-state index is -0.0773. The highest BCUT2D eigenvalue weighted by Gasteiger charge is 2.33. The van der Waals surface area contributed by atoms with Crippen molar-refractivity contribution < 1.29 is 14.3 Å². The van der Waals surface area contributed by atoms with E-state index in [2.05, 4.69) is 18.7 Å². The second kappa shape index (κ2) is 7.41. The second-order valence-electron chi connectivity index (χ2n) is 7.33. The van der Waals surface area contributed by atoms with Crippen molar-refractivity contribution in [3.63, 3.8) is 0 Å². The summed E-state index contributed by atoms with van der Waals surface area (Å²) in [6.07, 6.45) is 5.54. The number of ketones is 1. The Labute approximate surface area is 159 Å². The number of allylic oxidation sites excluding steroid dienone is 3. The Balaban J connectivity index is 1.57. The van der Waals surface area contributed by atoms with Crippen LogP contribution in [0.15, 0.2) is 60.4 Å². The molecular formula is C23H23NO3. The minimum Gasteiger partial charge on any atom is -0.478 e. The van der Waals surface area contributed by atoms with E-state index in [0.29, 0.717) is 29.7 Å². The van der Waals surface area contributed by atoms with E-state index in [-0.39, 0.29) is 5.78 Å². The summed E-state index contributed by atoms with van der Waals surface area (Å²) >= 11 is 0. The topological polar surface area (TPSA) is 38.8 Å². The molecule has 2 aromatic carbocycles. The number of fused-ring (bicyclic) bond motifs is 3. The molecule has 27 heavy (non-hydrogen) atoms. The van der Waals surface area contributed by atoms with E-state index in [1.54, 1.807) is 12.1 Å². The Kier molecular flexibility index (Phi) is 4.82. The molecule has 0 N–H and O–H groups in total. The van der Waals surface area contributed by atoms with Crippen LogP contribution in [0.1, 0.15) is 35.3 Å². The Morgan fingerprint density at radius 2 is 1.96 bits per heavy atom. The largest absolute Gasteiger partial charge is 0.478 e. The predicted molar refractivity (Wildman–Crippen MR) is 106 cm³/mol. The lowest BCUT2D eigenvalue weighted by atomic mass is 10.0. The van der Waals surface area contributed by atoms with Gasteiger partial charge in [-0.3, -0.25) is 9.69 Å². The molecule has 4 rings (SSSR count). The molecule has 0 saturated heterocycles. The van der Waals surface area contributed by atoms with Crippen LogP contribution in [-0.2, 0) is 6.54 Å². The molecule has 0 unspecified atom stereocenters. The molecule has 0 atom stereocenters. The van der Waals surface area contributed by atoms with Crippen LogP contribution < -0.4 is 9.47 Å². The average molecular weight is 361 g/mol. The third-order valence-electron chi connectivity index (χ3n) is 4.64. The highest BCUT2D eigenvalue weighted by molar-refractivity contribution is 6.13. The van der Waals surface area contributed by atoms with Gasteiger partial charge in [0.05, 0.1) is 11.1 Å². The first-order chi connectivity index (χ1) is 13.1. The van der Waals surface area contributed by atoms with Gasteiger partial charge in [0.15, 0.2) is 5.76 Å². The van der Waals surface area contributed by atoms with Crippen LogP contribution in [0.3, 0.4) is 0 Å². The van der Waals surface area contributed by atoms with Crippen LogP contribution in [0.5, 0.6) is 11.5 Å². The van der Waals surface area contributed by atoms with E-state index in [1.165, 1.54) is 0 Å². The van der Waals surface area contributed by atoms with Crippen molar-refractivity contribution in [3.05, 3.63) is 77.1 Å². The van der Waals surface area contributed by atoms with E-state index >= 15 is 0 Å². The third kappa shape index (κ3) is 3.67. The number of Topliss-reactive ketones (excluding diaryl/α,β-unsaturated/α-hetero) is 1. The molecule has 0 saturated carbocycles. The minimum absolute atomic E-state index is 0.0773. The molecule has 0 bridgehead atoms. The van der Waals surface area contributed by atoms with Crippen molar-refractivity contribution in [2.24, 2.45) is 5.92 Å². The fraction of sp³-hybridized carbons (Fsp3) is 0.261. The molecule has 4 nitrogen and oxygen atoms in total. The standard InChI is InChI=1S/C23H23NO3/c1-16(2)13-24-14-19-20(26-15-24)12-11-18-22(25)21(27-23(18)19)10-6-9-17-7-4-3-5-8-17/h3-12,16H,13-15H2,1-2H3/b9-6+,21-10+. The number of hydrogen-bond acceptors (Lipinski definition) is 4. The molecule has 0 aliphatic carbocycles. The van der Waals surface area contributed by atoms with Gasteiger partial charge in [0.2, 0.25) is 5.78 Å². The molecule has 2 aliphatic heterocycles. The molecule has 2 aromatic rings. The van der Waals surface area contributed by atoms with Gasteiger partial charge in [-0.25, -0.2) is 0 Å². The molecule has 0 spiro atoms. The van der Waals surface area contributed by atoms with Gasteiger partial charge >= 0.3 is 0 Å². The van der Waals surface area contributed by atoms with E-state index in [4.69, 9.17) is 9.47 Å². The highest BCUT2D eigenvalue weighted by atomic mass is 16.5. The molecule has 4 heteroatoms. The van der Waals surface area contributed by atoms with Crippen molar-refractivity contribution in [2.45, 2.75) is 20.4 Å². The fourth-order valence-corrected chi connectivity index (χ4v) is 3.46. The summed E-state index contributed by atoms with van der Waals surface area (Å²) in [5.41, 5.74) is 2.65. The molecule has 0 amide bonds. The second-order valence-corrected chi connectivity index (χ2v) is 7.33. The maximum atomic E-state index is 12.7. The lowest BCUT2D eigenvalue weighted by Crippen LogP contribution is -2.34. The zero-order valence-corrected chi connectivity index (χ0v) is 15.6. The summed E-state index contributed by atoms with van der Waals surface area (Å²) in [4.78, 5) is 14.9. The zero-order chi connectivity index (χ0) is 18.8. The summed E-state index contributed by atoms with van der Waals surface area (Å²) in [7, 11) is 0. The average Bonchev–Trinajstić information content (AvgIpc) is 2.99. The van der Waals surface area contributed by atoms with E-state index < -0.39 is 0 Å². The van der Waals surface area contributed by atoms with Gasteiger partial charge in [0.25, 0.3) is 0 Å². The first-order valence-corrected chi connectivity index (χ1v) is 9.29. The quantitative estimate of drug-likeness (QED) is 0.742. The van der Waals surface area contributed by atoms with Crippen molar-refractivity contribution in [1.29, 1.82) is 0 Å². The Hall–Kier alpha value is -2.85. The van der Waals surface area contributed by atoms with Crippen LogP contribution in [0.2, 0.25) is 0 Å². The van der Waals surface area contributed by atoms with Gasteiger partial charge in [0.1, 0.15) is 18.2 Å². The van der Waals surface area contributed by atoms with Gasteiger partial charge in [0, 0.05) is 13.1 Å². The number of benzene rings is 2. The van der Waals surface area contributed by atoms with Gasteiger partial charge in [-0.05, 0) is 29.7 Å². The Bertz CT molecular complexity index is 913. The monoisotopic (exact) mass is 361 g/mol.